The SMILES string of the molecule is Cc1ccc(CN(C(=O)NC2CCC(O)CC2)[C@H]2CCc3ccccc32)cc1. The van der Waals surface area contributed by atoms with E-state index >= 15 is 0 Å². The molecule has 28 heavy (non-hydrogen) atoms. The monoisotopic (exact) mass is 378 g/mol. The molecule has 0 aromatic heterocycles. The summed E-state index contributed by atoms with van der Waals surface area (Å²) >= 11 is 0. The molecule has 2 aliphatic rings. The predicted octanol–water partition coefficient (Wildman–Crippen LogP) is 4.50. The Morgan fingerprint density at radius 3 is 2.50 bits per heavy atom. The number of rotatable bonds is 4. The highest BCUT2D eigenvalue weighted by atomic mass is 16.3. The molecule has 148 valence electrons. The number of carbonyl (C=O) groups is 1. The number of hydrogen-bond donors (Lipinski definition) is 2. The second-order valence-corrected chi connectivity index (χ2v) is 8.32. The topological polar surface area (TPSA) is 52.6 Å². The van der Waals surface area contributed by atoms with Gasteiger partial charge in [0.25, 0.3) is 0 Å². The summed E-state index contributed by atoms with van der Waals surface area (Å²) in [6, 6.07) is 17.2. The smallest absolute Gasteiger partial charge is 0.318 e. The number of hydrogen-bond acceptors (Lipinski definition) is 2. The number of nitrogens with zero attached hydrogens (tertiary/aromatic N) is 1. The van der Waals surface area contributed by atoms with Gasteiger partial charge in [0.1, 0.15) is 0 Å². The fraction of sp³-hybridized carbons (Fsp3) is 0.458. The van der Waals surface area contributed by atoms with Gasteiger partial charge in [-0.3, -0.25) is 0 Å². The molecule has 0 aliphatic heterocycles. The molecule has 4 nitrogen and oxygen atoms in total. The largest absolute Gasteiger partial charge is 0.393 e. The molecule has 0 radical (unpaired) electrons. The van der Waals surface area contributed by atoms with E-state index < -0.39 is 0 Å². The standard InChI is InChI=1S/C24H30N2O2/c1-17-6-8-18(9-7-17)16-26(23-15-10-19-4-2-3-5-22(19)23)24(28)25-20-11-13-21(27)14-12-20/h2-9,20-21,23,27H,10-16H2,1H3,(H,25,28)/t20?,21?,23-/m0/s1. The van der Waals surface area contributed by atoms with Crippen molar-refractivity contribution in [2.24, 2.45) is 0 Å². The van der Waals surface area contributed by atoms with E-state index in [1.54, 1.807) is 0 Å². The number of amides is 2. The van der Waals surface area contributed by atoms with Crippen molar-refractivity contribution < 1.29 is 9.90 Å². The zero-order valence-corrected chi connectivity index (χ0v) is 16.6. The van der Waals surface area contributed by atoms with Crippen molar-refractivity contribution in [3.8, 4) is 0 Å². The van der Waals surface area contributed by atoms with Crippen LogP contribution in [-0.4, -0.2) is 28.2 Å². The lowest BCUT2D eigenvalue weighted by Gasteiger charge is -2.33. The van der Waals surface area contributed by atoms with Gasteiger partial charge in [-0.1, -0.05) is 54.1 Å². The van der Waals surface area contributed by atoms with E-state index in [4.69, 9.17) is 0 Å². The zero-order chi connectivity index (χ0) is 19.5. The number of aliphatic hydroxyl groups excluding tert-OH is 1. The average molecular weight is 379 g/mol. The van der Waals surface area contributed by atoms with E-state index in [1.807, 2.05) is 4.90 Å². The van der Waals surface area contributed by atoms with Crippen LogP contribution in [0.2, 0.25) is 0 Å². The molecular weight excluding hydrogens is 348 g/mol. The summed E-state index contributed by atoms with van der Waals surface area (Å²) in [5.74, 6) is 0. The van der Waals surface area contributed by atoms with E-state index in [1.165, 1.54) is 16.7 Å². The van der Waals surface area contributed by atoms with Gasteiger partial charge in [-0.25, -0.2) is 4.79 Å². The maximum Gasteiger partial charge on any atom is 0.318 e. The Hall–Kier alpha value is -2.33. The minimum Gasteiger partial charge on any atom is -0.393 e. The normalized spacial score (nSPS) is 23.9. The van der Waals surface area contributed by atoms with Gasteiger partial charge >= 0.3 is 6.03 Å². The van der Waals surface area contributed by atoms with Crippen LogP contribution in [0.15, 0.2) is 48.5 Å². The van der Waals surface area contributed by atoms with Crippen LogP contribution in [0.3, 0.4) is 0 Å². The third kappa shape index (κ3) is 4.22. The van der Waals surface area contributed by atoms with Crippen molar-refractivity contribution in [2.75, 3.05) is 0 Å². The van der Waals surface area contributed by atoms with Crippen molar-refractivity contribution in [1.82, 2.24) is 10.2 Å². The van der Waals surface area contributed by atoms with Gasteiger partial charge in [-0.2, -0.15) is 0 Å². The van der Waals surface area contributed by atoms with Crippen molar-refractivity contribution in [2.45, 2.75) is 70.2 Å². The average Bonchev–Trinajstić information content (AvgIpc) is 3.13. The van der Waals surface area contributed by atoms with Gasteiger partial charge in [0.15, 0.2) is 0 Å². The first-order valence-corrected chi connectivity index (χ1v) is 10.5. The van der Waals surface area contributed by atoms with Crippen molar-refractivity contribution >= 4 is 6.03 Å². The second-order valence-electron chi connectivity index (χ2n) is 8.32. The first-order valence-electron chi connectivity index (χ1n) is 10.5. The molecular formula is C24H30N2O2. The van der Waals surface area contributed by atoms with Crippen LogP contribution in [-0.2, 0) is 13.0 Å². The van der Waals surface area contributed by atoms with E-state index in [2.05, 4.69) is 60.8 Å². The second kappa shape index (κ2) is 8.36. The molecule has 4 rings (SSSR count). The Labute approximate surface area is 167 Å². The highest BCUT2D eigenvalue weighted by Crippen LogP contribution is 2.36. The minimum absolute atomic E-state index is 0.0173. The number of aryl methyl sites for hydroxylation is 2. The molecule has 0 heterocycles. The van der Waals surface area contributed by atoms with Crippen LogP contribution in [0, 0.1) is 6.92 Å². The molecule has 2 aromatic rings. The third-order valence-electron chi connectivity index (χ3n) is 6.24. The summed E-state index contributed by atoms with van der Waals surface area (Å²) in [6.45, 7) is 2.69. The number of aliphatic hydroxyl groups is 1. The summed E-state index contributed by atoms with van der Waals surface area (Å²) in [5, 5.41) is 13.0. The first kappa shape index (κ1) is 19.0. The molecule has 1 fully saturated rings. The highest BCUT2D eigenvalue weighted by Gasteiger charge is 2.32. The molecule has 1 atom stereocenters. The Morgan fingerprint density at radius 2 is 1.75 bits per heavy atom. The summed E-state index contributed by atoms with van der Waals surface area (Å²) in [7, 11) is 0. The Bertz CT molecular complexity index is 810. The molecule has 2 aliphatic carbocycles. The molecule has 4 heteroatoms. The zero-order valence-electron chi connectivity index (χ0n) is 16.6. The maximum absolute atomic E-state index is 13.3. The third-order valence-corrected chi connectivity index (χ3v) is 6.24. The lowest BCUT2D eigenvalue weighted by molar-refractivity contribution is 0.112. The van der Waals surface area contributed by atoms with E-state index in [9.17, 15) is 9.90 Å². The van der Waals surface area contributed by atoms with Crippen LogP contribution in [0.1, 0.15) is 60.4 Å². The molecule has 0 unspecified atom stereocenters. The summed E-state index contributed by atoms with van der Waals surface area (Å²) in [4.78, 5) is 15.3. The Balaban J connectivity index is 1.54. The van der Waals surface area contributed by atoms with Crippen LogP contribution < -0.4 is 5.32 Å². The van der Waals surface area contributed by atoms with Crippen LogP contribution in [0.4, 0.5) is 4.79 Å². The van der Waals surface area contributed by atoms with Gasteiger partial charge in [-0.05, 0) is 62.1 Å². The molecule has 1 saturated carbocycles. The highest BCUT2D eigenvalue weighted by molar-refractivity contribution is 5.75. The maximum atomic E-state index is 13.3. The Kier molecular flexibility index (Phi) is 5.67. The predicted molar refractivity (Wildman–Crippen MR) is 111 cm³/mol. The van der Waals surface area contributed by atoms with E-state index in [0.717, 1.165) is 44.1 Å². The van der Waals surface area contributed by atoms with Gasteiger partial charge in [0.05, 0.1) is 12.1 Å². The molecule has 0 saturated heterocycles. The molecule has 2 N–H and O–H groups in total. The number of carbonyl (C=O) groups excluding carboxylic acids is 1. The van der Waals surface area contributed by atoms with Crippen molar-refractivity contribution in [1.29, 1.82) is 0 Å². The number of urea groups is 1. The number of benzene rings is 2. The Morgan fingerprint density at radius 1 is 1.04 bits per heavy atom. The fourth-order valence-corrected chi connectivity index (χ4v) is 4.55. The van der Waals surface area contributed by atoms with Gasteiger partial charge < -0.3 is 15.3 Å². The summed E-state index contributed by atoms with van der Waals surface area (Å²) in [5.41, 5.74) is 5.02. The quantitative estimate of drug-likeness (QED) is 0.823. The lowest BCUT2D eigenvalue weighted by Crippen LogP contribution is -2.47. The number of nitrogens with one attached hydrogen (secondary N) is 1. The first-order chi connectivity index (χ1) is 13.6. The molecule has 0 spiro atoms. The summed E-state index contributed by atoms with van der Waals surface area (Å²) < 4.78 is 0. The van der Waals surface area contributed by atoms with E-state index in [0.29, 0.717) is 6.54 Å². The molecule has 0 bridgehead atoms. The van der Waals surface area contributed by atoms with Crippen molar-refractivity contribution in [3.63, 3.8) is 0 Å². The van der Waals surface area contributed by atoms with Crippen LogP contribution in [0.25, 0.3) is 0 Å². The van der Waals surface area contributed by atoms with E-state index in [-0.39, 0.29) is 24.2 Å². The van der Waals surface area contributed by atoms with Crippen LogP contribution in [0.5, 0.6) is 0 Å². The fourth-order valence-electron chi connectivity index (χ4n) is 4.55. The summed E-state index contributed by atoms with van der Waals surface area (Å²) in [6.07, 6.45) is 5.04. The molecule has 2 amide bonds. The minimum atomic E-state index is -0.210. The van der Waals surface area contributed by atoms with Gasteiger partial charge in [-0.15, -0.1) is 0 Å². The lowest BCUT2D eigenvalue weighted by atomic mass is 9.93. The number of fused-ring (bicyclic) bond motifs is 1. The van der Waals surface area contributed by atoms with Crippen LogP contribution >= 0.6 is 0 Å². The molecule has 2 aromatic carbocycles. The van der Waals surface area contributed by atoms with Crippen molar-refractivity contribution in [3.05, 3.63) is 70.8 Å². The van der Waals surface area contributed by atoms with Gasteiger partial charge in [0, 0.05) is 12.6 Å². The van der Waals surface area contributed by atoms with Gasteiger partial charge in [0.2, 0.25) is 0 Å².